The molecule has 0 unspecified atom stereocenters. The third-order valence-electron chi connectivity index (χ3n) is 4.29. The average molecular weight is 310 g/mol. The van der Waals surface area contributed by atoms with Gasteiger partial charge in [-0.3, -0.25) is 4.79 Å². The van der Waals surface area contributed by atoms with Crippen LogP contribution in [0, 0.1) is 0 Å². The fraction of sp³-hybridized carbons (Fsp3) is 0.842. The van der Waals surface area contributed by atoms with Crippen molar-refractivity contribution in [2.75, 3.05) is 7.11 Å². The van der Waals surface area contributed by atoms with Gasteiger partial charge < -0.3 is 9.47 Å². The molecule has 0 N–H and O–H groups in total. The van der Waals surface area contributed by atoms with Gasteiger partial charge in [0.15, 0.2) is 0 Å². The van der Waals surface area contributed by atoms with Crippen molar-refractivity contribution in [2.24, 2.45) is 0 Å². The van der Waals surface area contributed by atoms with Gasteiger partial charge in [-0.25, -0.2) is 0 Å². The molecule has 0 bridgehead atoms. The second kappa shape index (κ2) is 12.7. The molecule has 3 nitrogen and oxygen atoms in total. The van der Waals surface area contributed by atoms with Crippen LogP contribution in [0.25, 0.3) is 0 Å². The number of hydrogen-bond donors (Lipinski definition) is 0. The average Bonchev–Trinajstić information content (AvgIpc) is 3.27. The van der Waals surface area contributed by atoms with Crippen LogP contribution in [-0.4, -0.2) is 25.3 Å². The molecule has 0 saturated carbocycles. The van der Waals surface area contributed by atoms with Gasteiger partial charge in [0.2, 0.25) is 0 Å². The molecule has 128 valence electrons. The van der Waals surface area contributed by atoms with E-state index in [4.69, 9.17) is 4.74 Å². The minimum Gasteiger partial charge on any atom is -0.469 e. The molecule has 1 aliphatic rings. The quantitative estimate of drug-likeness (QED) is 0.192. The van der Waals surface area contributed by atoms with Crippen LogP contribution in [0.3, 0.4) is 0 Å². The predicted molar refractivity (Wildman–Crippen MR) is 90.9 cm³/mol. The van der Waals surface area contributed by atoms with Gasteiger partial charge in [0.05, 0.1) is 19.3 Å². The minimum atomic E-state index is -0.0850. The second-order valence-electron chi connectivity index (χ2n) is 6.30. The van der Waals surface area contributed by atoms with Gasteiger partial charge in [0.25, 0.3) is 0 Å². The molecule has 1 heterocycles. The molecule has 0 aliphatic carbocycles. The van der Waals surface area contributed by atoms with Crippen molar-refractivity contribution in [3.8, 4) is 0 Å². The highest BCUT2D eigenvalue weighted by molar-refractivity contribution is 5.68. The Morgan fingerprint density at radius 3 is 2.55 bits per heavy atom. The zero-order valence-electron chi connectivity index (χ0n) is 14.5. The summed E-state index contributed by atoms with van der Waals surface area (Å²) in [6.07, 6.45) is 19.5. The van der Waals surface area contributed by atoms with E-state index in [0.29, 0.717) is 18.6 Å². The summed E-state index contributed by atoms with van der Waals surface area (Å²) in [7, 11) is 1.45. The van der Waals surface area contributed by atoms with E-state index in [-0.39, 0.29) is 5.97 Å². The van der Waals surface area contributed by atoms with Crippen LogP contribution in [0.15, 0.2) is 12.2 Å². The van der Waals surface area contributed by atoms with Gasteiger partial charge in [-0.2, -0.15) is 0 Å². The predicted octanol–water partition coefficient (Wildman–Crippen LogP) is 5.18. The maximum Gasteiger partial charge on any atom is 0.305 e. The highest BCUT2D eigenvalue weighted by atomic mass is 16.6. The summed E-state index contributed by atoms with van der Waals surface area (Å²) in [5.74, 6) is -0.0850. The summed E-state index contributed by atoms with van der Waals surface area (Å²) in [4.78, 5) is 10.9. The van der Waals surface area contributed by atoms with Crippen LogP contribution in [0.5, 0.6) is 0 Å². The number of carbonyl (C=O) groups is 1. The van der Waals surface area contributed by atoms with Crippen LogP contribution in [-0.2, 0) is 14.3 Å². The number of rotatable bonds is 14. The van der Waals surface area contributed by atoms with E-state index in [1.54, 1.807) is 0 Å². The fourth-order valence-electron chi connectivity index (χ4n) is 2.75. The standard InChI is InChI=1S/C19H34O3/c1-3-4-11-14-17-18(22-17)15-12-9-7-5-6-8-10-13-16-19(20)21-2/h9,12,17-18H,3-8,10-11,13-16H2,1-2H3/b12-9-/t17-,18-/m1/s1. The number of hydrogen-bond acceptors (Lipinski definition) is 3. The van der Waals surface area contributed by atoms with Crippen LogP contribution in [0.4, 0.5) is 0 Å². The Morgan fingerprint density at radius 2 is 1.77 bits per heavy atom. The molecule has 3 heteroatoms. The van der Waals surface area contributed by atoms with E-state index in [1.807, 2.05) is 0 Å². The van der Waals surface area contributed by atoms with Crippen LogP contribution in [0.1, 0.15) is 84.0 Å². The van der Waals surface area contributed by atoms with E-state index in [1.165, 1.54) is 58.5 Å². The van der Waals surface area contributed by atoms with Gasteiger partial charge in [-0.05, 0) is 32.1 Å². The first-order chi connectivity index (χ1) is 10.8. The van der Waals surface area contributed by atoms with E-state index in [0.717, 1.165) is 19.3 Å². The first-order valence-electron chi connectivity index (χ1n) is 9.15. The largest absolute Gasteiger partial charge is 0.469 e. The summed E-state index contributed by atoms with van der Waals surface area (Å²) in [5.41, 5.74) is 0. The Hall–Kier alpha value is -0.830. The van der Waals surface area contributed by atoms with E-state index >= 15 is 0 Å². The molecule has 0 radical (unpaired) electrons. The number of allylic oxidation sites excluding steroid dienone is 1. The summed E-state index contributed by atoms with van der Waals surface area (Å²) in [6, 6.07) is 0. The zero-order chi connectivity index (χ0) is 16.0. The molecule has 0 amide bonds. The number of esters is 1. The van der Waals surface area contributed by atoms with Crippen molar-refractivity contribution in [2.45, 2.75) is 96.2 Å². The Kier molecular flexibility index (Phi) is 11.1. The summed E-state index contributed by atoms with van der Waals surface area (Å²) >= 11 is 0. The topological polar surface area (TPSA) is 38.8 Å². The Morgan fingerprint density at radius 1 is 1.00 bits per heavy atom. The number of ether oxygens (including phenoxy) is 2. The number of epoxide rings is 1. The SMILES string of the molecule is CCCCC[C@H]1O[C@@H]1C/C=C\CCCCCCCC(=O)OC. The maximum atomic E-state index is 10.9. The molecule has 2 atom stereocenters. The fourth-order valence-corrected chi connectivity index (χ4v) is 2.75. The van der Waals surface area contributed by atoms with Crippen molar-refractivity contribution in [1.82, 2.24) is 0 Å². The number of unbranched alkanes of at least 4 members (excludes halogenated alkanes) is 7. The summed E-state index contributed by atoms with van der Waals surface area (Å²) in [6.45, 7) is 2.24. The van der Waals surface area contributed by atoms with Crippen LogP contribution in [0.2, 0.25) is 0 Å². The van der Waals surface area contributed by atoms with E-state index < -0.39 is 0 Å². The zero-order valence-corrected chi connectivity index (χ0v) is 14.5. The van der Waals surface area contributed by atoms with Gasteiger partial charge >= 0.3 is 5.97 Å². The second-order valence-corrected chi connectivity index (χ2v) is 6.30. The Bertz CT molecular complexity index is 312. The van der Waals surface area contributed by atoms with Crippen molar-refractivity contribution in [3.05, 3.63) is 12.2 Å². The monoisotopic (exact) mass is 310 g/mol. The molecule has 22 heavy (non-hydrogen) atoms. The van der Waals surface area contributed by atoms with Gasteiger partial charge in [0.1, 0.15) is 0 Å². The molecule has 0 aromatic carbocycles. The van der Waals surface area contributed by atoms with E-state index in [9.17, 15) is 4.79 Å². The molecule has 1 rings (SSSR count). The molecule has 0 aromatic rings. The lowest BCUT2D eigenvalue weighted by atomic mass is 10.1. The van der Waals surface area contributed by atoms with Crippen molar-refractivity contribution < 1.29 is 14.3 Å². The van der Waals surface area contributed by atoms with Crippen molar-refractivity contribution in [3.63, 3.8) is 0 Å². The molecule has 0 aromatic heterocycles. The first kappa shape index (κ1) is 19.2. The summed E-state index contributed by atoms with van der Waals surface area (Å²) in [5, 5.41) is 0. The van der Waals surface area contributed by atoms with Gasteiger partial charge in [0, 0.05) is 6.42 Å². The lowest BCUT2D eigenvalue weighted by Crippen LogP contribution is -1.99. The molecule has 1 saturated heterocycles. The normalized spacial score (nSPS) is 20.5. The summed E-state index contributed by atoms with van der Waals surface area (Å²) < 4.78 is 10.3. The number of carbonyl (C=O) groups excluding carboxylic acids is 1. The smallest absolute Gasteiger partial charge is 0.305 e. The lowest BCUT2D eigenvalue weighted by molar-refractivity contribution is -0.140. The lowest BCUT2D eigenvalue weighted by Gasteiger charge is -2.00. The third kappa shape index (κ3) is 9.99. The van der Waals surface area contributed by atoms with Crippen LogP contribution >= 0.6 is 0 Å². The van der Waals surface area contributed by atoms with Crippen LogP contribution < -0.4 is 0 Å². The Labute approximate surface area is 136 Å². The highest BCUT2D eigenvalue weighted by Crippen LogP contribution is 2.30. The highest BCUT2D eigenvalue weighted by Gasteiger charge is 2.36. The minimum absolute atomic E-state index is 0.0850. The molecular formula is C19H34O3. The van der Waals surface area contributed by atoms with Gasteiger partial charge in [-0.1, -0.05) is 57.6 Å². The maximum absolute atomic E-state index is 10.9. The molecule has 1 fully saturated rings. The molecule has 1 aliphatic heterocycles. The van der Waals surface area contributed by atoms with Crippen molar-refractivity contribution >= 4 is 5.97 Å². The van der Waals surface area contributed by atoms with Crippen molar-refractivity contribution in [1.29, 1.82) is 0 Å². The molecular weight excluding hydrogens is 276 g/mol. The van der Waals surface area contributed by atoms with Gasteiger partial charge in [-0.15, -0.1) is 0 Å². The third-order valence-corrected chi connectivity index (χ3v) is 4.29. The van der Waals surface area contributed by atoms with E-state index in [2.05, 4.69) is 23.8 Å². The molecule has 0 spiro atoms. The number of methoxy groups -OCH3 is 1. The first-order valence-corrected chi connectivity index (χ1v) is 9.15. The Balaban J connectivity index is 1.80.